The summed E-state index contributed by atoms with van der Waals surface area (Å²) in [6.07, 6.45) is 5.50. The first kappa shape index (κ1) is 25.5. The molecule has 0 bridgehead atoms. The molecule has 0 aliphatic carbocycles. The lowest BCUT2D eigenvalue weighted by atomic mass is 9.91. The second kappa shape index (κ2) is 11.5. The van der Waals surface area contributed by atoms with Gasteiger partial charge < -0.3 is 19.5 Å². The summed E-state index contributed by atoms with van der Waals surface area (Å²) in [6, 6.07) is 4.59. The summed E-state index contributed by atoms with van der Waals surface area (Å²) in [5.41, 5.74) is 3.03. The van der Waals surface area contributed by atoms with Crippen LogP contribution >= 0.6 is 0 Å². The van der Waals surface area contributed by atoms with Crippen molar-refractivity contribution < 1.29 is 18.4 Å². The number of rotatable bonds is 10. The number of carbonyl (C=O) groups is 1. The number of benzene rings is 1. The third-order valence-corrected chi connectivity index (χ3v) is 7.62. The van der Waals surface area contributed by atoms with Gasteiger partial charge in [0.15, 0.2) is 5.58 Å². The lowest BCUT2D eigenvalue weighted by Crippen LogP contribution is -2.38. The largest absolute Gasteiger partial charge is 0.370 e. The fourth-order valence-corrected chi connectivity index (χ4v) is 5.58. The maximum absolute atomic E-state index is 13.5. The molecule has 198 valence electrons. The van der Waals surface area contributed by atoms with Crippen molar-refractivity contribution in [3.8, 4) is 0 Å². The highest BCUT2D eigenvalue weighted by Gasteiger charge is 2.28. The number of likely N-dealkylation sites (tertiary alicyclic amines) is 1. The maximum atomic E-state index is 13.5. The van der Waals surface area contributed by atoms with Crippen molar-refractivity contribution in [3.63, 3.8) is 0 Å². The fourth-order valence-electron chi connectivity index (χ4n) is 5.58. The van der Waals surface area contributed by atoms with E-state index in [0.29, 0.717) is 38.1 Å². The molecule has 10 heteroatoms. The maximum Gasteiger partial charge on any atom is 0.257 e. The lowest BCUT2D eigenvalue weighted by Gasteiger charge is -2.31. The SMILES string of the molecule is Cc1nc2n(c(=O)c1CCN1CCC(c3noc4cc(F)ccc34)CC1)CCCC2OCCCNC=O. The Labute approximate surface area is 215 Å². The van der Waals surface area contributed by atoms with Gasteiger partial charge in [0.2, 0.25) is 6.41 Å². The summed E-state index contributed by atoms with van der Waals surface area (Å²) in [6.45, 7) is 6.30. The zero-order valence-electron chi connectivity index (χ0n) is 21.2. The third kappa shape index (κ3) is 5.60. The molecule has 5 rings (SSSR count). The average Bonchev–Trinajstić information content (AvgIpc) is 3.32. The molecule has 1 aromatic carbocycles. The van der Waals surface area contributed by atoms with E-state index in [1.54, 1.807) is 10.6 Å². The molecule has 1 amide bonds. The number of fused-ring (bicyclic) bond motifs is 2. The molecular formula is C27H34FN5O4. The summed E-state index contributed by atoms with van der Waals surface area (Å²) in [5, 5.41) is 7.77. The van der Waals surface area contributed by atoms with Crippen molar-refractivity contribution in [3.05, 3.63) is 57.1 Å². The van der Waals surface area contributed by atoms with E-state index in [9.17, 15) is 14.0 Å². The molecule has 9 nitrogen and oxygen atoms in total. The van der Waals surface area contributed by atoms with Crippen LogP contribution in [-0.4, -0.2) is 58.8 Å². The molecule has 0 saturated carbocycles. The first-order chi connectivity index (χ1) is 18.0. The molecule has 0 spiro atoms. The molecule has 1 N–H and O–H groups in total. The number of aromatic nitrogens is 3. The van der Waals surface area contributed by atoms with Gasteiger partial charge in [-0.15, -0.1) is 0 Å². The van der Waals surface area contributed by atoms with E-state index in [0.717, 1.165) is 79.9 Å². The van der Waals surface area contributed by atoms with Crippen LogP contribution in [0.2, 0.25) is 0 Å². The number of hydrogen-bond acceptors (Lipinski definition) is 7. The summed E-state index contributed by atoms with van der Waals surface area (Å²) in [7, 11) is 0. The third-order valence-electron chi connectivity index (χ3n) is 7.62. The number of piperidine rings is 1. The van der Waals surface area contributed by atoms with Crippen molar-refractivity contribution in [1.29, 1.82) is 0 Å². The molecule has 0 radical (unpaired) electrons. The minimum Gasteiger partial charge on any atom is -0.370 e. The predicted octanol–water partition coefficient (Wildman–Crippen LogP) is 3.24. The zero-order chi connectivity index (χ0) is 25.8. The van der Waals surface area contributed by atoms with Gasteiger partial charge in [0, 0.05) is 54.9 Å². The van der Waals surface area contributed by atoms with E-state index in [2.05, 4.69) is 15.4 Å². The summed E-state index contributed by atoms with van der Waals surface area (Å²) in [4.78, 5) is 31.0. The van der Waals surface area contributed by atoms with Crippen molar-refractivity contribution in [2.45, 2.75) is 64.0 Å². The second-order valence-corrected chi connectivity index (χ2v) is 9.99. The molecule has 2 aliphatic rings. The van der Waals surface area contributed by atoms with Crippen LogP contribution in [0.4, 0.5) is 4.39 Å². The predicted molar refractivity (Wildman–Crippen MR) is 136 cm³/mol. The average molecular weight is 512 g/mol. The Hall–Kier alpha value is -3.11. The topological polar surface area (TPSA) is 102 Å². The van der Waals surface area contributed by atoms with Crippen LogP contribution in [0.25, 0.3) is 11.0 Å². The van der Waals surface area contributed by atoms with E-state index >= 15 is 0 Å². The Morgan fingerprint density at radius 1 is 1.24 bits per heavy atom. The van der Waals surface area contributed by atoms with Crippen LogP contribution < -0.4 is 10.9 Å². The van der Waals surface area contributed by atoms with Crippen molar-refractivity contribution in [1.82, 2.24) is 24.9 Å². The van der Waals surface area contributed by atoms with Crippen LogP contribution in [-0.2, 0) is 22.5 Å². The monoisotopic (exact) mass is 511 g/mol. The van der Waals surface area contributed by atoms with Gasteiger partial charge in [-0.05, 0) is 70.7 Å². The number of ether oxygens (including phenoxy) is 1. The minimum atomic E-state index is -0.320. The number of nitrogens with zero attached hydrogens (tertiary/aromatic N) is 4. The Morgan fingerprint density at radius 3 is 2.89 bits per heavy atom. The molecule has 2 aromatic heterocycles. The number of hydrogen-bond donors (Lipinski definition) is 1. The summed E-state index contributed by atoms with van der Waals surface area (Å²) >= 11 is 0. The molecule has 1 atom stereocenters. The van der Waals surface area contributed by atoms with Gasteiger partial charge in [-0.3, -0.25) is 14.2 Å². The standard InChI is InChI=1S/C27H34FN5O4/c1-18-21(27(35)33-11-2-4-23(26(33)30-18)36-15-3-10-29-17-34)9-14-32-12-7-19(8-13-32)25-22-6-5-20(28)16-24(22)37-31-25/h5-6,16-17,19,23H,2-4,7-15H2,1H3,(H,29,34). The molecule has 3 aromatic rings. The molecule has 1 unspecified atom stereocenters. The van der Waals surface area contributed by atoms with Crippen molar-refractivity contribution in [2.75, 3.05) is 32.8 Å². The number of amides is 1. The van der Waals surface area contributed by atoms with Crippen LogP contribution in [0.5, 0.6) is 0 Å². The first-order valence-electron chi connectivity index (χ1n) is 13.2. The highest BCUT2D eigenvalue weighted by atomic mass is 19.1. The molecule has 2 aliphatic heterocycles. The quantitative estimate of drug-likeness (QED) is 0.329. The van der Waals surface area contributed by atoms with Crippen molar-refractivity contribution >= 4 is 17.4 Å². The van der Waals surface area contributed by atoms with E-state index in [1.807, 2.05) is 6.92 Å². The van der Waals surface area contributed by atoms with Crippen LogP contribution in [0.3, 0.4) is 0 Å². The van der Waals surface area contributed by atoms with Gasteiger partial charge in [-0.25, -0.2) is 9.37 Å². The number of halogens is 1. The van der Waals surface area contributed by atoms with E-state index < -0.39 is 0 Å². The van der Waals surface area contributed by atoms with Crippen molar-refractivity contribution in [2.24, 2.45) is 0 Å². The lowest BCUT2D eigenvalue weighted by molar-refractivity contribution is -0.109. The Balaban J connectivity index is 1.18. The van der Waals surface area contributed by atoms with Crippen LogP contribution in [0.15, 0.2) is 27.5 Å². The number of nitrogens with one attached hydrogen (secondary N) is 1. The molecule has 37 heavy (non-hydrogen) atoms. The molecule has 1 saturated heterocycles. The Bertz CT molecular complexity index is 1300. The van der Waals surface area contributed by atoms with Gasteiger partial charge >= 0.3 is 0 Å². The molecule has 4 heterocycles. The smallest absolute Gasteiger partial charge is 0.257 e. The van der Waals surface area contributed by atoms with E-state index in [-0.39, 0.29) is 23.4 Å². The Morgan fingerprint density at radius 2 is 2.08 bits per heavy atom. The zero-order valence-corrected chi connectivity index (χ0v) is 21.2. The van der Waals surface area contributed by atoms with Crippen LogP contribution in [0, 0.1) is 12.7 Å². The summed E-state index contributed by atoms with van der Waals surface area (Å²) in [5.74, 6) is 0.688. The van der Waals surface area contributed by atoms with Gasteiger partial charge in [0.05, 0.1) is 5.69 Å². The highest BCUT2D eigenvalue weighted by Crippen LogP contribution is 2.33. The fraction of sp³-hybridized carbons (Fsp3) is 0.556. The summed E-state index contributed by atoms with van der Waals surface area (Å²) < 4.78 is 26.7. The molecule has 1 fully saturated rings. The second-order valence-electron chi connectivity index (χ2n) is 9.99. The minimum absolute atomic E-state index is 0.0506. The number of aryl methyl sites for hydroxylation is 1. The van der Waals surface area contributed by atoms with Crippen LogP contribution in [0.1, 0.15) is 66.9 Å². The van der Waals surface area contributed by atoms with E-state index in [1.165, 1.54) is 12.1 Å². The van der Waals surface area contributed by atoms with E-state index in [4.69, 9.17) is 14.2 Å². The Kier molecular flexibility index (Phi) is 7.95. The highest BCUT2D eigenvalue weighted by molar-refractivity contribution is 5.79. The van der Waals surface area contributed by atoms with Gasteiger partial charge in [0.25, 0.3) is 5.56 Å². The van der Waals surface area contributed by atoms with Gasteiger partial charge in [-0.1, -0.05) is 5.16 Å². The normalized spacial score (nSPS) is 18.7. The van der Waals surface area contributed by atoms with Gasteiger partial charge in [0.1, 0.15) is 17.7 Å². The number of carbonyl (C=O) groups excluding carboxylic acids is 1. The first-order valence-corrected chi connectivity index (χ1v) is 13.2. The molecular weight excluding hydrogens is 477 g/mol. The van der Waals surface area contributed by atoms with Gasteiger partial charge in [-0.2, -0.15) is 0 Å².